The molecule has 0 spiro atoms. The van der Waals surface area contributed by atoms with Crippen molar-refractivity contribution in [3.8, 4) is 0 Å². The Hall–Kier alpha value is -3.08. The zero-order valence-corrected chi connectivity index (χ0v) is 16.4. The highest BCUT2D eigenvalue weighted by atomic mass is 16.4. The van der Waals surface area contributed by atoms with Crippen LogP contribution in [0.2, 0.25) is 0 Å². The number of hydrogen-bond acceptors (Lipinski definition) is 2. The molecule has 0 unspecified atom stereocenters. The molecular weight excluding hydrogens is 352 g/mol. The molecule has 0 atom stereocenters. The van der Waals surface area contributed by atoms with E-state index in [1.165, 1.54) is 5.56 Å². The highest BCUT2D eigenvalue weighted by molar-refractivity contribution is 5.97. The van der Waals surface area contributed by atoms with Crippen molar-refractivity contribution in [2.75, 3.05) is 6.54 Å². The fraction of sp³-hybridized carbons (Fsp3) is 0.304. The molecular formula is C23H24N2O3. The number of amides is 1. The van der Waals surface area contributed by atoms with Gasteiger partial charge in [0.05, 0.1) is 5.56 Å². The lowest BCUT2D eigenvalue weighted by Crippen LogP contribution is -2.35. The summed E-state index contributed by atoms with van der Waals surface area (Å²) in [4.78, 5) is 29.6. The quantitative estimate of drug-likeness (QED) is 0.698. The van der Waals surface area contributed by atoms with Crippen LogP contribution >= 0.6 is 0 Å². The maximum absolute atomic E-state index is 13.0. The van der Waals surface area contributed by atoms with E-state index in [0.717, 1.165) is 28.6 Å². The van der Waals surface area contributed by atoms with Gasteiger partial charge in [-0.3, -0.25) is 4.79 Å². The molecule has 5 heteroatoms. The smallest absolute Gasteiger partial charge is 0.335 e. The van der Waals surface area contributed by atoms with Crippen LogP contribution in [-0.4, -0.2) is 33.4 Å². The van der Waals surface area contributed by atoms with Crippen molar-refractivity contribution < 1.29 is 14.7 Å². The first-order valence-corrected chi connectivity index (χ1v) is 9.50. The minimum Gasteiger partial charge on any atom is -0.478 e. The largest absolute Gasteiger partial charge is 0.478 e. The van der Waals surface area contributed by atoms with E-state index in [1.54, 1.807) is 18.2 Å². The van der Waals surface area contributed by atoms with E-state index in [2.05, 4.69) is 25.8 Å². The Kier molecular flexibility index (Phi) is 4.26. The van der Waals surface area contributed by atoms with Gasteiger partial charge in [0.1, 0.15) is 0 Å². The molecule has 4 rings (SSSR count). The van der Waals surface area contributed by atoms with Crippen molar-refractivity contribution >= 4 is 22.8 Å². The summed E-state index contributed by atoms with van der Waals surface area (Å²) in [7, 11) is 0. The molecule has 0 saturated carbocycles. The Bertz CT molecular complexity index is 1070. The van der Waals surface area contributed by atoms with Gasteiger partial charge in [0.25, 0.3) is 5.91 Å². The molecule has 1 aliphatic rings. The molecule has 2 N–H and O–H groups in total. The van der Waals surface area contributed by atoms with E-state index in [4.69, 9.17) is 0 Å². The summed E-state index contributed by atoms with van der Waals surface area (Å²) in [5.41, 5.74) is 5.21. The molecule has 0 bridgehead atoms. The molecule has 1 amide bonds. The second-order valence-electron chi connectivity index (χ2n) is 8.45. The van der Waals surface area contributed by atoms with Crippen LogP contribution in [0.1, 0.15) is 58.3 Å². The Morgan fingerprint density at radius 3 is 2.36 bits per heavy atom. The number of carbonyl (C=O) groups excluding carboxylic acids is 1. The number of nitrogens with zero attached hydrogens (tertiary/aromatic N) is 1. The number of carbonyl (C=O) groups is 2. The lowest BCUT2D eigenvalue weighted by atomic mass is 9.86. The van der Waals surface area contributed by atoms with Crippen LogP contribution in [0.15, 0.2) is 42.5 Å². The Morgan fingerprint density at radius 1 is 1.04 bits per heavy atom. The highest BCUT2D eigenvalue weighted by Gasteiger charge is 2.25. The number of hydrogen-bond donors (Lipinski definition) is 2. The van der Waals surface area contributed by atoms with Crippen LogP contribution in [0.3, 0.4) is 0 Å². The number of nitrogens with one attached hydrogen (secondary N) is 1. The third-order valence-electron chi connectivity index (χ3n) is 5.51. The van der Waals surface area contributed by atoms with E-state index in [9.17, 15) is 14.7 Å². The number of aromatic amines is 1. The van der Waals surface area contributed by atoms with Crippen LogP contribution < -0.4 is 0 Å². The SMILES string of the molecule is CC(C)(C)c1ccc(C(=O)N2CCc3[nH]c4ccc(C(=O)O)cc4c3C2)cc1. The maximum atomic E-state index is 13.0. The van der Waals surface area contributed by atoms with E-state index in [1.807, 2.05) is 29.2 Å². The Balaban J connectivity index is 1.62. The van der Waals surface area contributed by atoms with Crippen LogP contribution in [0.4, 0.5) is 0 Å². The summed E-state index contributed by atoms with van der Waals surface area (Å²) in [5.74, 6) is -0.936. The van der Waals surface area contributed by atoms with Gasteiger partial charge < -0.3 is 15.0 Å². The summed E-state index contributed by atoms with van der Waals surface area (Å²) in [5, 5.41) is 10.2. The number of fused-ring (bicyclic) bond motifs is 3. The van der Waals surface area contributed by atoms with Crippen molar-refractivity contribution in [1.29, 1.82) is 0 Å². The molecule has 144 valence electrons. The average molecular weight is 376 g/mol. The zero-order chi connectivity index (χ0) is 20.1. The molecule has 2 aromatic carbocycles. The van der Waals surface area contributed by atoms with Gasteiger partial charge in [0.2, 0.25) is 0 Å². The first-order valence-electron chi connectivity index (χ1n) is 9.50. The molecule has 0 saturated heterocycles. The molecule has 2 heterocycles. The molecule has 0 fully saturated rings. The average Bonchev–Trinajstić information content (AvgIpc) is 3.03. The number of benzene rings is 2. The Labute approximate surface area is 164 Å². The summed E-state index contributed by atoms with van der Waals surface area (Å²) in [6, 6.07) is 12.9. The number of carboxylic acids is 1. The number of rotatable bonds is 2. The van der Waals surface area contributed by atoms with Gasteiger partial charge in [0.15, 0.2) is 0 Å². The van der Waals surface area contributed by atoms with Crippen molar-refractivity contribution in [3.05, 3.63) is 70.4 Å². The third-order valence-corrected chi connectivity index (χ3v) is 5.51. The normalized spacial score (nSPS) is 14.2. The fourth-order valence-electron chi connectivity index (χ4n) is 3.82. The minimum absolute atomic E-state index is 0.00912. The first kappa shape index (κ1) is 18.3. The van der Waals surface area contributed by atoms with Crippen LogP contribution in [-0.2, 0) is 18.4 Å². The van der Waals surface area contributed by atoms with Gasteiger partial charge in [-0.1, -0.05) is 32.9 Å². The molecule has 0 radical (unpaired) electrons. The van der Waals surface area contributed by atoms with E-state index in [0.29, 0.717) is 18.7 Å². The van der Waals surface area contributed by atoms with Gasteiger partial charge in [0, 0.05) is 47.2 Å². The molecule has 5 nitrogen and oxygen atoms in total. The maximum Gasteiger partial charge on any atom is 0.335 e. The van der Waals surface area contributed by atoms with E-state index < -0.39 is 5.97 Å². The summed E-state index contributed by atoms with van der Waals surface area (Å²) in [6.07, 6.45) is 0.734. The predicted octanol–water partition coefficient (Wildman–Crippen LogP) is 4.36. The molecule has 3 aromatic rings. The summed E-state index contributed by atoms with van der Waals surface area (Å²) in [6.45, 7) is 7.58. The highest BCUT2D eigenvalue weighted by Crippen LogP contribution is 2.30. The van der Waals surface area contributed by atoms with Crippen molar-refractivity contribution in [2.24, 2.45) is 0 Å². The fourth-order valence-corrected chi connectivity index (χ4v) is 3.82. The second kappa shape index (κ2) is 6.51. The van der Waals surface area contributed by atoms with Crippen LogP contribution in [0, 0.1) is 0 Å². The summed E-state index contributed by atoms with van der Waals surface area (Å²) >= 11 is 0. The standard InChI is InChI=1S/C23H24N2O3/c1-23(2,3)16-7-4-14(5-8-16)21(26)25-11-10-20-18(13-25)17-12-15(22(27)28)6-9-19(17)24-20/h4-9,12,24H,10-11,13H2,1-3H3,(H,27,28). The molecule has 1 aromatic heterocycles. The van der Waals surface area contributed by atoms with Gasteiger partial charge in [-0.2, -0.15) is 0 Å². The van der Waals surface area contributed by atoms with Gasteiger partial charge in [-0.25, -0.2) is 4.79 Å². The molecule has 0 aliphatic carbocycles. The van der Waals surface area contributed by atoms with Crippen molar-refractivity contribution in [1.82, 2.24) is 9.88 Å². The second-order valence-corrected chi connectivity index (χ2v) is 8.45. The lowest BCUT2D eigenvalue weighted by Gasteiger charge is -2.28. The van der Waals surface area contributed by atoms with Crippen LogP contribution in [0.25, 0.3) is 10.9 Å². The van der Waals surface area contributed by atoms with Gasteiger partial charge in [-0.15, -0.1) is 0 Å². The topological polar surface area (TPSA) is 73.4 Å². The van der Waals surface area contributed by atoms with Gasteiger partial charge in [-0.05, 0) is 41.3 Å². The van der Waals surface area contributed by atoms with Crippen molar-refractivity contribution in [3.63, 3.8) is 0 Å². The van der Waals surface area contributed by atoms with Crippen LogP contribution in [0.5, 0.6) is 0 Å². The molecule has 1 aliphatic heterocycles. The lowest BCUT2D eigenvalue weighted by molar-refractivity contribution is 0.0694. The minimum atomic E-state index is -0.945. The van der Waals surface area contributed by atoms with Gasteiger partial charge >= 0.3 is 5.97 Å². The molecule has 28 heavy (non-hydrogen) atoms. The Morgan fingerprint density at radius 2 is 1.71 bits per heavy atom. The first-order chi connectivity index (χ1) is 13.2. The van der Waals surface area contributed by atoms with Crippen molar-refractivity contribution in [2.45, 2.75) is 39.2 Å². The zero-order valence-electron chi connectivity index (χ0n) is 16.4. The van der Waals surface area contributed by atoms with E-state index in [-0.39, 0.29) is 16.9 Å². The number of aromatic carboxylic acids is 1. The van der Waals surface area contributed by atoms with E-state index >= 15 is 0 Å². The summed E-state index contributed by atoms with van der Waals surface area (Å²) < 4.78 is 0. The monoisotopic (exact) mass is 376 g/mol. The predicted molar refractivity (Wildman–Crippen MR) is 109 cm³/mol. The number of H-pyrrole nitrogens is 1. The number of aromatic nitrogens is 1. The number of carboxylic acid groups (broad SMARTS) is 1. The third kappa shape index (κ3) is 3.17.